The van der Waals surface area contributed by atoms with Gasteiger partial charge < -0.3 is 10.3 Å². The van der Waals surface area contributed by atoms with Crippen LogP contribution in [0.1, 0.15) is 31.7 Å². The molecule has 0 atom stereocenters. The highest BCUT2D eigenvalue weighted by atomic mass is 14.8. The Morgan fingerprint density at radius 2 is 1.54 bits per heavy atom. The van der Waals surface area contributed by atoms with Gasteiger partial charge in [-0.3, -0.25) is 0 Å². The highest BCUT2D eigenvalue weighted by Gasteiger charge is 2.04. The smallest absolute Gasteiger partial charge is 0.0458 e. The second-order valence-corrected chi connectivity index (χ2v) is 6.24. The van der Waals surface area contributed by atoms with Crippen LogP contribution in [0, 0.1) is 0 Å². The lowest BCUT2D eigenvalue weighted by atomic mass is 10.1. The van der Waals surface area contributed by atoms with Gasteiger partial charge in [-0.2, -0.15) is 0 Å². The topological polar surface area (TPSA) is 27.8 Å². The highest BCUT2D eigenvalue weighted by Crippen LogP contribution is 2.25. The summed E-state index contributed by atoms with van der Waals surface area (Å²) in [4.78, 5) is 3.54. The number of hydrogen-bond donors (Lipinski definition) is 2. The monoisotopic (exact) mass is 318 g/mol. The molecule has 0 bridgehead atoms. The molecule has 3 rings (SSSR count). The molecule has 0 saturated carbocycles. The van der Waals surface area contributed by atoms with Gasteiger partial charge in [-0.1, -0.05) is 68.3 Å². The van der Waals surface area contributed by atoms with Crippen LogP contribution in [0.15, 0.2) is 66.7 Å². The molecule has 0 aliphatic heterocycles. The Kier molecular flexibility index (Phi) is 5.86. The number of aromatic nitrogens is 1. The van der Waals surface area contributed by atoms with Gasteiger partial charge in [0.1, 0.15) is 0 Å². The summed E-state index contributed by atoms with van der Waals surface area (Å²) in [6.45, 7) is 4.27. The maximum absolute atomic E-state index is 3.54. The zero-order chi connectivity index (χ0) is 16.6. The van der Waals surface area contributed by atoms with Crippen molar-refractivity contribution < 1.29 is 0 Å². The largest absolute Gasteiger partial charge is 0.355 e. The van der Waals surface area contributed by atoms with Gasteiger partial charge in [-0.15, -0.1) is 0 Å². The van der Waals surface area contributed by atoms with E-state index in [9.17, 15) is 0 Å². The number of unbranched alkanes of at least 4 members (excludes halogenated alkanes) is 2. The van der Waals surface area contributed by atoms with Gasteiger partial charge in [0.15, 0.2) is 0 Å². The van der Waals surface area contributed by atoms with Crippen LogP contribution in [0.4, 0.5) is 0 Å². The summed E-state index contributed by atoms with van der Waals surface area (Å²) in [5.74, 6) is 0. The van der Waals surface area contributed by atoms with Crippen LogP contribution < -0.4 is 5.32 Å². The molecule has 0 aliphatic rings. The predicted octanol–water partition coefficient (Wildman–Crippen LogP) is 5.63. The summed E-state index contributed by atoms with van der Waals surface area (Å²) in [7, 11) is 0. The average Bonchev–Trinajstić information content (AvgIpc) is 3.13. The van der Waals surface area contributed by atoms with Crippen LogP contribution in [0.25, 0.3) is 22.5 Å². The molecule has 0 amide bonds. The van der Waals surface area contributed by atoms with Crippen molar-refractivity contribution in [3.8, 4) is 22.5 Å². The Bertz CT molecular complexity index is 743. The quantitative estimate of drug-likeness (QED) is 0.518. The van der Waals surface area contributed by atoms with Gasteiger partial charge in [0.2, 0.25) is 0 Å². The molecule has 2 nitrogen and oxygen atoms in total. The van der Waals surface area contributed by atoms with E-state index in [0.29, 0.717) is 0 Å². The summed E-state index contributed by atoms with van der Waals surface area (Å²) < 4.78 is 0. The van der Waals surface area contributed by atoms with Crippen LogP contribution in [0.3, 0.4) is 0 Å². The standard InChI is InChI=1S/C22H26N2/c1-2-3-7-15-23-17-18-9-8-12-20(16-18)22-14-13-21(24-22)19-10-5-4-6-11-19/h4-6,8-14,16,23-24H,2-3,7,15,17H2,1H3. The number of aromatic amines is 1. The van der Waals surface area contributed by atoms with E-state index in [1.54, 1.807) is 0 Å². The van der Waals surface area contributed by atoms with Gasteiger partial charge in [0.05, 0.1) is 0 Å². The van der Waals surface area contributed by atoms with E-state index < -0.39 is 0 Å². The van der Waals surface area contributed by atoms with Crippen LogP contribution in [0.5, 0.6) is 0 Å². The van der Waals surface area contributed by atoms with Crippen molar-refractivity contribution in [2.75, 3.05) is 6.54 Å². The van der Waals surface area contributed by atoms with Gasteiger partial charge in [-0.25, -0.2) is 0 Å². The van der Waals surface area contributed by atoms with Crippen molar-refractivity contribution in [3.63, 3.8) is 0 Å². The fourth-order valence-corrected chi connectivity index (χ4v) is 2.93. The molecule has 0 radical (unpaired) electrons. The third-order valence-electron chi connectivity index (χ3n) is 4.30. The van der Waals surface area contributed by atoms with E-state index in [1.807, 2.05) is 6.07 Å². The van der Waals surface area contributed by atoms with Crippen molar-refractivity contribution in [1.29, 1.82) is 0 Å². The second kappa shape index (κ2) is 8.51. The Hall–Kier alpha value is -2.32. The van der Waals surface area contributed by atoms with Crippen LogP contribution in [-0.2, 0) is 6.54 Å². The third-order valence-corrected chi connectivity index (χ3v) is 4.30. The van der Waals surface area contributed by atoms with E-state index in [4.69, 9.17) is 0 Å². The molecule has 2 heteroatoms. The number of rotatable bonds is 8. The second-order valence-electron chi connectivity index (χ2n) is 6.24. The Morgan fingerprint density at radius 3 is 2.33 bits per heavy atom. The van der Waals surface area contributed by atoms with Crippen LogP contribution in [0.2, 0.25) is 0 Å². The minimum Gasteiger partial charge on any atom is -0.355 e. The van der Waals surface area contributed by atoms with Crippen molar-refractivity contribution in [2.24, 2.45) is 0 Å². The maximum Gasteiger partial charge on any atom is 0.0458 e. The van der Waals surface area contributed by atoms with E-state index in [0.717, 1.165) is 18.8 Å². The lowest BCUT2D eigenvalue weighted by Crippen LogP contribution is -2.14. The Labute approximate surface area is 144 Å². The zero-order valence-electron chi connectivity index (χ0n) is 14.4. The molecule has 124 valence electrons. The van der Waals surface area contributed by atoms with Gasteiger partial charge in [0.25, 0.3) is 0 Å². The lowest BCUT2D eigenvalue weighted by molar-refractivity contribution is 0.617. The molecular weight excluding hydrogens is 292 g/mol. The van der Waals surface area contributed by atoms with Gasteiger partial charge >= 0.3 is 0 Å². The maximum atomic E-state index is 3.54. The third kappa shape index (κ3) is 4.36. The first-order chi connectivity index (χ1) is 11.9. The number of H-pyrrole nitrogens is 1. The summed E-state index contributed by atoms with van der Waals surface area (Å²) in [5, 5.41) is 3.54. The predicted molar refractivity (Wildman–Crippen MR) is 103 cm³/mol. The van der Waals surface area contributed by atoms with E-state index in [2.05, 4.69) is 77.9 Å². The minimum absolute atomic E-state index is 0.934. The fourth-order valence-electron chi connectivity index (χ4n) is 2.93. The molecular formula is C22H26N2. The van der Waals surface area contributed by atoms with Gasteiger partial charge in [-0.05, 0) is 47.9 Å². The molecule has 1 aromatic heterocycles. The normalized spacial score (nSPS) is 10.9. The highest BCUT2D eigenvalue weighted by molar-refractivity contribution is 5.68. The lowest BCUT2D eigenvalue weighted by Gasteiger charge is -2.06. The summed E-state index contributed by atoms with van der Waals surface area (Å²) >= 11 is 0. The molecule has 2 aromatic carbocycles. The van der Waals surface area contributed by atoms with E-state index >= 15 is 0 Å². The Balaban J connectivity index is 1.67. The number of nitrogens with one attached hydrogen (secondary N) is 2. The minimum atomic E-state index is 0.934. The zero-order valence-corrected chi connectivity index (χ0v) is 14.4. The first-order valence-electron chi connectivity index (χ1n) is 8.91. The average molecular weight is 318 g/mol. The van der Waals surface area contributed by atoms with Crippen LogP contribution >= 0.6 is 0 Å². The van der Waals surface area contributed by atoms with Crippen molar-refractivity contribution in [2.45, 2.75) is 32.7 Å². The fraction of sp³-hybridized carbons (Fsp3) is 0.273. The molecule has 3 aromatic rings. The molecule has 0 unspecified atom stereocenters. The molecule has 2 N–H and O–H groups in total. The molecule has 0 aliphatic carbocycles. The molecule has 1 heterocycles. The van der Waals surface area contributed by atoms with Crippen molar-refractivity contribution in [3.05, 3.63) is 72.3 Å². The van der Waals surface area contributed by atoms with Crippen molar-refractivity contribution >= 4 is 0 Å². The molecule has 0 spiro atoms. The van der Waals surface area contributed by atoms with E-state index in [1.165, 1.54) is 41.6 Å². The number of hydrogen-bond acceptors (Lipinski definition) is 1. The van der Waals surface area contributed by atoms with E-state index in [-0.39, 0.29) is 0 Å². The summed E-state index contributed by atoms with van der Waals surface area (Å²) in [5.41, 5.74) is 6.12. The first kappa shape index (κ1) is 16.5. The molecule has 24 heavy (non-hydrogen) atoms. The van der Waals surface area contributed by atoms with Gasteiger partial charge in [0, 0.05) is 17.9 Å². The molecule has 0 fully saturated rings. The first-order valence-corrected chi connectivity index (χ1v) is 8.91. The summed E-state index contributed by atoms with van der Waals surface area (Å²) in [6, 6.07) is 23.5. The SMILES string of the molecule is CCCCCNCc1cccc(-c2ccc(-c3ccccc3)[nH]2)c1. The van der Waals surface area contributed by atoms with Crippen LogP contribution in [-0.4, -0.2) is 11.5 Å². The Morgan fingerprint density at radius 1 is 0.792 bits per heavy atom. The number of benzene rings is 2. The van der Waals surface area contributed by atoms with Crippen molar-refractivity contribution in [1.82, 2.24) is 10.3 Å². The molecule has 0 saturated heterocycles. The summed E-state index contributed by atoms with van der Waals surface area (Å²) in [6.07, 6.45) is 3.83.